The topological polar surface area (TPSA) is 38.9 Å². The van der Waals surface area contributed by atoms with Crippen molar-refractivity contribution < 1.29 is 13.2 Å². The lowest BCUT2D eigenvalue weighted by Gasteiger charge is -2.04. The fraction of sp³-hybridized carbons (Fsp3) is 0.300. The fourth-order valence-corrected chi connectivity index (χ4v) is 2.34. The van der Waals surface area contributed by atoms with E-state index < -0.39 is 11.7 Å². The molecular weight excluding hydrogens is 237 g/mol. The summed E-state index contributed by atoms with van der Waals surface area (Å²) in [5, 5.41) is 0.775. The second-order valence-corrected chi connectivity index (χ2v) is 4.44. The monoisotopic (exact) mass is 246 g/mol. The SMILES string of the molecule is NCCc1nc2cc(C(F)(F)F)ccc2s1. The summed E-state index contributed by atoms with van der Waals surface area (Å²) in [4.78, 5) is 4.12. The third kappa shape index (κ3) is 2.17. The number of hydrogen-bond acceptors (Lipinski definition) is 3. The van der Waals surface area contributed by atoms with E-state index in [1.807, 2.05) is 0 Å². The molecule has 6 heteroatoms. The number of hydrogen-bond donors (Lipinski definition) is 1. The zero-order valence-electron chi connectivity index (χ0n) is 8.21. The van der Waals surface area contributed by atoms with Crippen LogP contribution in [0.25, 0.3) is 10.2 Å². The lowest BCUT2D eigenvalue weighted by Crippen LogP contribution is -2.04. The average Bonchev–Trinajstić information content (AvgIpc) is 2.57. The number of halogens is 3. The second kappa shape index (κ2) is 4.03. The first-order chi connectivity index (χ1) is 7.50. The zero-order chi connectivity index (χ0) is 11.8. The summed E-state index contributed by atoms with van der Waals surface area (Å²) in [6, 6.07) is 3.61. The Hall–Kier alpha value is -1.14. The van der Waals surface area contributed by atoms with Gasteiger partial charge >= 0.3 is 6.18 Å². The fourth-order valence-electron chi connectivity index (χ4n) is 1.38. The van der Waals surface area contributed by atoms with Gasteiger partial charge in [0.05, 0.1) is 20.8 Å². The molecule has 0 radical (unpaired) electrons. The molecule has 0 spiro atoms. The Kier molecular flexibility index (Phi) is 2.86. The predicted octanol–water partition coefficient (Wildman–Crippen LogP) is 2.82. The van der Waals surface area contributed by atoms with Crippen LogP contribution < -0.4 is 5.73 Å². The summed E-state index contributed by atoms with van der Waals surface area (Å²) < 4.78 is 38.0. The van der Waals surface area contributed by atoms with E-state index in [1.165, 1.54) is 17.4 Å². The summed E-state index contributed by atoms with van der Waals surface area (Å²) in [5.74, 6) is 0. The summed E-state index contributed by atoms with van der Waals surface area (Å²) in [6.07, 6.45) is -3.72. The van der Waals surface area contributed by atoms with E-state index in [0.717, 1.165) is 21.8 Å². The summed E-state index contributed by atoms with van der Waals surface area (Å²) in [6.45, 7) is 0.450. The van der Waals surface area contributed by atoms with Gasteiger partial charge in [-0.3, -0.25) is 0 Å². The summed E-state index contributed by atoms with van der Waals surface area (Å²) >= 11 is 1.38. The first-order valence-electron chi connectivity index (χ1n) is 4.67. The molecule has 0 aliphatic carbocycles. The lowest BCUT2D eigenvalue weighted by atomic mass is 10.2. The number of aromatic nitrogens is 1. The van der Waals surface area contributed by atoms with Crippen LogP contribution in [0, 0.1) is 0 Å². The molecule has 0 amide bonds. The van der Waals surface area contributed by atoms with E-state index in [1.54, 1.807) is 0 Å². The highest BCUT2D eigenvalue weighted by atomic mass is 32.1. The Morgan fingerprint density at radius 1 is 1.31 bits per heavy atom. The molecule has 2 N–H and O–H groups in total. The quantitative estimate of drug-likeness (QED) is 0.885. The Balaban J connectivity index is 2.46. The van der Waals surface area contributed by atoms with Crippen LogP contribution >= 0.6 is 11.3 Å². The van der Waals surface area contributed by atoms with E-state index in [-0.39, 0.29) is 0 Å². The number of nitrogens with zero attached hydrogens (tertiary/aromatic N) is 1. The predicted molar refractivity (Wildman–Crippen MR) is 57.4 cm³/mol. The van der Waals surface area contributed by atoms with Gasteiger partial charge in [0.15, 0.2) is 0 Å². The van der Waals surface area contributed by atoms with Crippen LogP contribution in [0.5, 0.6) is 0 Å². The van der Waals surface area contributed by atoms with Crippen molar-refractivity contribution in [2.45, 2.75) is 12.6 Å². The third-order valence-electron chi connectivity index (χ3n) is 2.12. The van der Waals surface area contributed by atoms with Gasteiger partial charge in [-0.25, -0.2) is 4.98 Å². The molecule has 0 atom stereocenters. The van der Waals surface area contributed by atoms with E-state index in [0.29, 0.717) is 18.5 Å². The summed E-state index contributed by atoms with van der Waals surface area (Å²) in [7, 11) is 0. The minimum atomic E-state index is -4.31. The van der Waals surface area contributed by atoms with Gasteiger partial charge in [0, 0.05) is 6.42 Å². The molecule has 2 rings (SSSR count). The Labute approximate surface area is 93.9 Å². The Bertz CT molecular complexity index is 504. The molecular formula is C10H9F3N2S. The smallest absolute Gasteiger partial charge is 0.330 e. The van der Waals surface area contributed by atoms with E-state index in [2.05, 4.69) is 4.98 Å². The lowest BCUT2D eigenvalue weighted by molar-refractivity contribution is -0.137. The molecule has 0 aliphatic heterocycles. The largest absolute Gasteiger partial charge is 0.416 e. The molecule has 0 aliphatic rings. The van der Waals surface area contributed by atoms with Crippen molar-refractivity contribution in [1.29, 1.82) is 0 Å². The van der Waals surface area contributed by atoms with Gasteiger partial charge in [0.25, 0.3) is 0 Å². The maximum atomic E-state index is 12.4. The molecule has 0 saturated heterocycles. The van der Waals surface area contributed by atoms with Crippen LogP contribution in [-0.4, -0.2) is 11.5 Å². The molecule has 0 saturated carbocycles. The first-order valence-corrected chi connectivity index (χ1v) is 5.49. The van der Waals surface area contributed by atoms with Crippen molar-refractivity contribution in [1.82, 2.24) is 4.98 Å². The van der Waals surface area contributed by atoms with Crippen LogP contribution in [0.15, 0.2) is 18.2 Å². The van der Waals surface area contributed by atoms with Crippen LogP contribution in [-0.2, 0) is 12.6 Å². The molecule has 1 aromatic heterocycles. The van der Waals surface area contributed by atoms with E-state index in [9.17, 15) is 13.2 Å². The van der Waals surface area contributed by atoms with Crippen LogP contribution in [0.4, 0.5) is 13.2 Å². The zero-order valence-corrected chi connectivity index (χ0v) is 9.03. The standard InChI is InChI=1S/C10H9F3N2S/c11-10(12,13)6-1-2-8-7(5-6)15-9(16-8)3-4-14/h1-2,5H,3-4,14H2. The molecule has 16 heavy (non-hydrogen) atoms. The van der Waals surface area contributed by atoms with Crippen molar-refractivity contribution in [2.75, 3.05) is 6.54 Å². The average molecular weight is 246 g/mol. The Morgan fingerprint density at radius 3 is 2.69 bits per heavy atom. The van der Waals surface area contributed by atoms with Gasteiger partial charge in [-0.15, -0.1) is 11.3 Å². The molecule has 2 aromatic rings. The van der Waals surface area contributed by atoms with Gasteiger partial charge < -0.3 is 5.73 Å². The molecule has 2 nitrogen and oxygen atoms in total. The normalized spacial score (nSPS) is 12.2. The number of thiazole rings is 1. The van der Waals surface area contributed by atoms with Crippen LogP contribution in [0.2, 0.25) is 0 Å². The maximum Gasteiger partial charge on any atom is 0.416 e. The molecule has 86 valence electrons. The highest BCUT2D eigenvalue weighted by Crippen LogP contribution is 2.32. The minimum Gasteiger partial charge on any atom is -0.330 e. The molecule has 0 unspecified atom stereocenters. The van der Waals surface area contributed by atoms with Gasteiger partial charge in [-0.2, -0.15) is 13.2 Å². The van der Waals surface area contributed by atoms with E-state index in [4.69, 9.17) is 5.73 Å². The highest BCUT2D eigenvalue weighted by molar-refractivity contribution is 7.18. The van der Waals surface area contributed by atoms with Crippen molar-refractivity contribution in [3.8, 4) is 0 Å². The van der Waals surface area contributed by atoms with Crippen molar-refractivity contribution >= 4 is 21.6 Å². The first kappa shape index (κ1) is 11.3. The second-order valence-electron chi connectivity index (χ2n) is 3.33. The third-order valence-corrected chi connectivity index (χ3v) is 3.21. The van der Waals surface area contributed by atoms with Crippen molar-refractivity contribution in [2.24, 2.45) is 5.73 Å². The van der Waals surface area contributed by atoms with Crippen LogP contribution in [0.1, 0.15) is 10.6 Å². The van der Waals surface area contributed by atoms with Gasteiger partial charge in [-0.1, -0.05) is 0 Å². The number of nitrogens with two attached hydrogens (primary N) is 1. The maximum absolute atomic E-state index is 12.4. The van der Waals surface area contributed by atoms with Crippen LogP contribution in [0.3, 0.4) is 0 Å². The molecule has 1 aromatic carbocycles. The van der Waals surface area contributed by atoms with Gasteiger partial charge in [0.1, 0.15) is 0 Å². The minimum absolute atomic E-state index is 0.392. The molecule has 0 fully saturated rings. The number of rotatable bonds is 2. The number of benzene rings is 1. The molecule has 0 bridgehead atoms. The highest BCUT2D eigenvalue weighted by Gasteiger charge is 2.30. The van der Waals surface area contributed by atoms with Crippen molar-refractivity contribution in [3.63, 3.8) is 0 Å². The van der Waals surface area contributed by atoms with Crippen molar-refractivity contribution in [3.05, 3.63) is 28.8 Å². The van der Waals surface area contributed by atoms with Gasteiger partial charge in [-0.05, 0) is 24.7 Å². The number of fused-ring (bicyclic) bond motifs is 1. The molecule has 1 heterocycles. The Morgan fingerprint density at radius 2 is 2.06 bits per heavy atom. The summed E-state index contributed by atoms with van der Waals surface area (Å²) in [5.41, 5.74) is 5.10. The van der Waals surface area contributed by atoms with E-state index >= 15 is 0 Å². The van der Waals surface area contributed by atoms with Gasteiger partial charge in [0.2, 0.25) is 0 Å². The number of alkyl halides is 3.